The highest BCUT2D eigenvalue weighted by Gasteiger charge is 2.23. The zero-order valence-corrected chi connectivity index (χ0v) is 11.0. The number of benzene rings is 1. The smallest absolute Gasteiger partial charge is 0.138 e. The van der Waals surface area contributed by atoms with Crippen molar-refractivity contribution >= 4 is 29.0 Å². The van der Waals surface area contributed by atoms with E-state index in [4.69, 9.17) is 27.9 Å². The van der Waals surface area contributed by atoms with E-state index >= 15 is 0 Å². The Morgan fingerprint density at radius 1 is 1.38 bits per heavy atom. The van der Waals surface area contributed by atoms with Gasteiger partial charge in [-0.2, -0.15) is 0 Å². The SMILES string of the molecule is CC(=O)CC(C)(C)Oc1ccc(Cl)cc1Cl. The summed E-state index contributed by atoms with van der Waals surface area (Å²) in [6, 6.07) is 5.02. The van der Waals surface area contributed by atoms with Crippen LogP contribution in [-0.2, 0) is 4.79 Å². The van der Waals surface area contributed by atoms with Crippen LogP contribution in [0.2, 0.25) is 10.0 Å². The molecule has 0 unspecified atom stereocenters. The number of carbonyl (C=O) groups excluding carboxylic acids is 1. The summed E-state index contributed by atoms with van der Waals surface area (Å²) in [5.41, 5.74) is -0.566. The van der Waals surface area contributed by atoms with Gasteiger partial charge in [-0.1, -0.05) is 23.2 Å². The van der Waals surface area contributed by atoms with Crippen molar-refractivity contribution in [2.45, 2.75) is 32.8 Å². The van der Waals surface area contributed by atoms with Crippen LogP contribution < -0.4 is 4.74 Å². The Bertz CT molecular complexity index is 400. The minimum Gasteiger partial charge on any atom is -0.486 e. The van der Waals surface area contributed by atoms with E-state index in [-0.39, 0.29) is 5.78 Å². The second-order valence-electron chi connectivity index (χ2n) is 4.32. The molecular weight excluding hydrogens is 247 g/mol. The minimum absolute atomic E-state index is 0.0788. The van der Waals surface area contributed by atoms with Crippen molar-refractivity contribution < 1.29 is 9.53 Å². The molecule has 0 radical (unpaired) electrons. The highest BCUT2D eigenvalue weighted by atomic mass is 35.5. The van der Waals surface area contributed by atoms with Gasteiger partial charge < -0.3 is 4.74 Å². The fraction of sp³-hybridized carbons (Fsp3) is 0.417. The molecule has 1 aromatic rings. The van der Waals surface area contributed by atoms with Crippen molar-refractivity contribution in [1.82, 2.24) is 0 Å². The molecule has 0 heterocycles. The molecule has 0 atom stereocenters. The Hall–Kier alpha value is -0.730. The number of rotatable bonds is 4. The summed E-state index contributed by atoms with van der Waals surface area (Å²) in [6.45, 7) is 5.23. The summed E-state index contributed by atoms with van der Waals surface area (Å²) in [5.74, 6) is 0.618. The predicted octanol–water partition coefficient (Wildman–Crippen LogP) is 4.13. The van der Waals surface area contributed by atoms with Crippen molar-refractivity contribution in [3.05, 3.63) is 28.2 Å². The molecular formula is C12H14Cl2O2. The second kappa shape index (κ2) is 5.07. The molecule has 0 aliphatic heterocycles. The fourth-order valence-electron chi connectivity index (χ4n) is 1.49. The number of hydrogen-bond donors (Lipinski definition) is 0. The first-order chi connectivity index (χ1) is 7.30. The lowest BCUT2D eigenvalue weighted by atomic mass is 10.0. The van der Waals surface area contributed by atoms with Crippen LogP contribution in [0.5, 0.6) is 5.75 Å². The maximum absolute atomic E-state index is 11.1. The van der Waals surface area contributed by atoms with Crippen LogP contribution in [0.4, 0.5) is 0 Å². The van der Waals surface area contributed by atoms with Gasteiger partial charge in [0.15, 0.2) is 0 Å². The van der Waals surface area contributed by atoms with Crippen LogP contribution in [0, 0.1) is 0 Å². The van der Waals surface area contributed by atoms with Gasteiger partial charge in [0.2, 0.25) is 0 Å². The van der Waals surface area contributed by atoms with Crippen molar-refractivity contribution in [2.75, 3.05) is 0 Å². The van der Waals surface area contributed by atoms with Crippen molar-refractivity contribution in [1.29, 1.82) is 0 Å². The van der Waals surface area contributed by atoms with Crippen molar-refractivity contribution in [3.8, 4) is 5.75 Å². The number of hydrogen-bond acceptors (Lipinski definition) is 2. The summed E-state index contributed by atoms with van der Waals surface area (Å²) in [7, 11) is 0. The van der Waals surface area contributed by atoms with Crippen LogP contribution in [-0.4, -0.2) is 11.4 Å². The molecule has 0 aliphatic rings. The van der Waals surface area contributed by atoms with Gasteiger partial charge in [0, 0.05) is 11.4 Å². The monoisotopic (exact) mass is 260 g/mol. The second-order valence-corrected chi connectivity index (χ2v) is 5.16. The topological polar surface area (TPSA) is 26.3 Å². The standard InChI is InChI=1S/C12H14Cl2O2/c1-8(15)7-12(2,3)16-11-5-4-9(13)6-10(11)14/h4-6H,7H2,1-3H3. The Kier molecular flexibility index (Phi) is 4.22. The zero-order chi connectivity index (χ0) is 12.3. The van der Waals surface area contributed by atoms with Crippen LogP contribution in [0.25, 0.3) is 0 Å². The third kappa shape index (κ3) is 4.03. The molecule has 0 spiro atoms. The maximum Gasteiger partial charge on any atom is 0.138 e. The first-order valence-electron chi connectivity index (χ1n) is 4.94. The van der Waals surface area contributed by atoms with E-state index in [2.05, 4.69) is 0 Å². The zero-order valence-electron chi connectivity index (χ0n) is 9.51. The van der Waals surface area contributed by atoms with E-state index < -0.39 is 5.60 Å². The van der Waals surface area contributed by atoms with Gasteiger partial charge in [-0.05, 0) is 39.0 Å². The van der Waals surface area contributed by atoms with E-state index in [1.54, 1.807) is 18.2 Å². The van der Waals surface area contributed by atoms with Crippen LogP contribution in [0.15, 0.2) is 18.2 Å². The van der Waals surface area contributed by atoms with Crippen LogP contribution >= 0.6 is 23.2 Å². The third-order valence-electron chi connectivity index (χ3n) is 1.95. The maximum atomic E-state index is 11.1. The molecule has 1 rings (SSSR count). The van der Waals surface area contributed by atoms with Crippen molar-refractivity contribution in [3.63, 3.8) is 0 Å². The number of Topliss-reactive ketones (excluding diaryl/α,β-unsaturated/α-hetero) is 1. The Balaban J connectivity index is 2.83. The molecule has 0 bridgehead atoms. The van der Waals surface area contributed by atoms with Gasteiger partial charge in [0.1, 0.15) is 17.1 Å². The highest BCUT2D eigenvalue weighted by molar-refractivity contribution is 6.35. The molecule has 1 aromatic carbocycles. The lowest BCUT2D eigenvalue weighted by molar-refractivity contribution is -0.120. The molecule has 0 saturated carbocycles. The molecule has 88 valence electrons. The normalized spacial score (nSPS) is 11.3. The lowest BCUT2D eigenvalue weighted by Gasteiger charge is -2.25. The van der Waals surface area contributed by atoms with Gasteiger partial charge in [-0.3, -0.25) is 4.79 Å². The number of halogens is 2. The molecule has 2 nitrogen and oxygen atoms in total. The largest absolute Gasteiger partial charge is 0.486 e. The molecule has 0 amide bonds. The van der Waals surface area contributed by atoms with E-state index in [1.807, 2.05) is 13.8 Å². The summed E-state index contributed by atoms with van der Waals surface area (Å²) in [5, 5.41) is 1.01. The average Bonchev–Trinajstić information content (AvgIpc) is 2.07. The van der Waals surface area contributed by atoms with E-state index in [9.17, 15) is 4.79 Å². The molecule has 0 aliphatic carbocycles. The van der Waals surface area contributed by atoms with Gasteiger partial charge in [-0.25, -0.2) is 0 Å². The minimum atomic E-state index is -0.566. The fourth-order valence-corrected chi connectivity index (χ4v) is 1.94. The molecule has 0 aromatic heterocycles. The molecule has 0 fully saturated rings. The van der Waals surface area contributed by atoms with Gasteiger partial charge in [0.05, 0.1) is 5.02 Å². The Morgan fingerprint density at radius 3 is 2.50 bits per heavy atom. The van der Waals surface area contributed by atoms with Gasteiger partial charge in [0.25, 0.3) is 0 Å². The molecule has 0 N–H and O–H groups in total. The van der Waals surface area contributed by atoms with E-state index in [0.717, 1.165) is 0 Å². The first kappa shape index (κ1) is 13.3. The van der Waals surface area contributed by atoms with Gasteiger partial charge in [-0.15, -0.1) is 0 Å². The Labute approximate surface area is 106 Å². The van der Waals surface area contributed by atoms with Crippen LogP contribution in [0.1, 0.15) is 27.2 Å². The summed E-state index contributed by atoms with van der Waals surface area (Å²) >= 11 is 11.8. The predicted molar refractivity (Wildman–Crippen MR) is 66.5 cm³/mol. The average molecular weight is 261 g/mol. The first-order valence-corrected chi connectivity index (χ1v) is 5.69. The van der Waals surface area contributed by atoms with Crippen LogP contribution in [0.3, 0.4) is 0 Å². The molecule has 4 heteroatoms. The number of carbonyl (C=O) groups is 1. The highest BCUT2D eigenvalue weighted by Crippen LogP contribution is 2.31. The number of ether oxygens (including phenoxy) is 1. The van der Waals surface area contributed by atoms with Gasteiger partial charge >= 0.3 is 0 Å². The summed E-state index contributed by atoms with van der Waals surface area (Å²) in [4.78, 5) is 11.1. The quantitative estimate of drug-likeness (QED) is 0.814. The summed E-state index contributed by atoms with van der Waals surface area (Å²) in [6.07, 6.45) is 0.339. The molecule has 0 saturated heterocycles. The Morgan fingerprint density at radius 2 is 2.00 bits per heavy atom. The van der Waals surface area contributed by atoms with Crippen molar-refractivity contribution in [2.24, 2.45) is 0 Å². The summed E-state index contributed by atoms with van der Waals surface area (Å²) < 4.78 is 5.69. The van der Waals surface area contributed by atoms with E-state index in [1.165, 1.54) is 6.92 Å². The number of ketones is 1. The third-order valence-corrected chi connectivity index (χ3v) is 2.49. The molecule has 16 heavy (non-hydrogen) atoms. The lowest BCUT2D eigenvalue weighted by Crippen LogP contribution is -2.30. The van der Waals surface area contributed by atoms with E-state index in [0.29, 0.717) is 22.2 Å².